The lowest BCUT2D eigenvalue weighted by Gasteiger charge is -2.13. The Labute approximate surface area is 111 Å². The normalized spacial score (nSPS) is 17.7. The third-order valence-electron chi connectivity index (χ3n) is 2.09. The molecular weight excluding hydrogens is 276 g/mol. The zero-order valence-electron chi connectivity index (χ0n) is 9.78. The van der Waals surface area contributed by atoms with E-state index in [2.05, 4.69) is 10.1 Å². The van der Waals surface area contributed by atoms with Crippen LogP contribution in [0.25, 0.3) is 6.08 Å². The lowest BCUT2D eigenvalue weighted by molar-refractivity contribution is -0.158. The summed E-state index contributed by atoms with van der Waals surface area (Å²) in [4.78, 5) is 22.5. The molecule has 1 saturated heterocycles. The largest absolute Gasteiger partial charge is 0.433 e. The first-order chi connectivity index (χ1) is 8.83. The maximum absolute atomic E-state index is 12.7. The number of thioether (sulfide) groups is 1. The molecule has 0 bridgehead atoms. The first kappa shape index (κ1) is 13.5. The molecule has 1 aromatic rings. The van der Waals surface area contributed by atoms with Gasteiger partial charge >= 0.3 is 6.11 Å². The summed E-state index contributed by atoms with van der Waals surface area (Å²) in [7, 11) is 0. The maximum atomic E-state index is 12.7. The molecular formula is C12H9F2NO3S. The van der Waals surface area contributed by atoms with Gasteiger partial charge in [-0.1, -0.05) is 12.1 Å². The molecule has 0 saturated carbocycles. The van der Waals surface area contributed by atoms with Crippen LogP contribution in [0.3, 0.4) is 0 Å². The van der Waals surface area contributed by atoms with E-state index in [0.29, 0.717) is 12.5 Å². The van der Waals surface area contributed by atoms with Gasteiger partial charge in [0.2, 0.25) is 0 Å². The molecule has 0 unspecified atom stereocenters. The van der Waals surface area contributed by atoms with Gasteiger partial charge in [-0.3, -0.25) is 14.9 Å². The SMILES string of the molecule is CC(F)(F)Oc1cccc(C=C2SC(=O)NC2=O)c1. The Hall–Kier alpha value is -1.89. The minimum atomic E-state index is -3.28. The summed E-state index contributed by atoms with van der Waals surface area (Å²) in [5.41, 5.74) is 0.495. The van der Waals surface area contributed by atoms with Gasteiger partial charge < -0.3 is 4.74 Å². The van der Waals surface area contributed by atoms with Gasteiger partial charge in [0.25, 0.3) is 11.1 Å². The topological polar surface area (TPSA) is 55.4 Å². The van der Waals surface area contributed by atoms with Crippen molar-refractivity contribution < 1.29 is 23.1 Å². The number of hydrogen-bond donors (Lipinski definition) is 1. The number of halogens is 2. The highest BCUT2D eigenvalue weighted by Crippen LogP contribution is 2.27. The van der Waals surface area contributed by atoms with Crippen molar-refractivity contribution in [2.75, 3.05) is 0 Å². The molecule has 100 valence electrons. The molecule has 1 aliphatic heterocycles. The van der Waals surface area contributed by atoms with Crippen molar-refractivity contribution in [2.24, 2.45) is 0 Å². The second-order valence-electron chi connectivity index (χ2n) is 3.83. The Bertz CT molecular complexity index is 566. The summed E-state index contributed by atoms with van der Waals surface area (Å²) in [6, 6.07) is 5.88. The van der Waals surface area contributed by atoms with Crippen LogP contribution < -0.4 is 10.1 Å². The van der Waals surface area contributed by atoms with Gasteiger partial charge in [0, 0.05) is 6.92 Å². The van der Waals surface area contributed by atoms with Crippen LogP contribution >= 0.6 is 11.8 Å². The van der Waals surface area contributed by atoms with E-state index < -0.39 is 17.3 Å². The highest BCUT2D eigenvalue weighted by Gasteiger charge is 2.25. The number of ether oxygens (including phenoxy) is 1. The molecule has 0 radical (unpaired) electrons. The highest BCUT2D eigenvalue weighted by molar-refractivity contribution is 8.18. The second kappa shape index (κ2) is 5.00. The number of alkyl halides is 2. The van der Waals surface area contributed by atoms with Gasteiger partial charge in [-0.15, -0.1) is 0 Å². The fourth-order valence-electron chi connectivity index (χ4n) is 1.45. The van der Waals surface area contributed by atoms with Crippen molar-refractivity contribution in [3.05, 3.63) is 34.7 Å². The van der Waals surface area contributed by atoms with E-state index in [-0.39, 0.29) is 10.7 Å². The summed E-state index contributed by atoms with van der Waals surface area (Å²) in [6.07, 6.45) is -1.84. The van der Waals surface area contributed by atoms with Crippen molar-refractivity contribution in [1.82, 2.24) is 5.32 Å². The van der Waals surface area contributed by atoms with E-state index in [0.717, 1.165) is 11.8 Å². The molecule has 7 heteroatoms. The summed E-state index contributed by atoms with van der Waals surface area (Å²) < 4.78 is 29.8. The van der Waals surface area contributed by atoms with E-state index in [1.54, 1.807) is 6.07 Å². The molecule has 1 aliphatic rings. The number of hydrogen-bond acceptors (Lipinski definition) is 4. The predicted molar refractivity (Wildman–Crippen MR) is 66.8 cm³/mol. The molecule has 0 aromatic heterocycles. The van der Waals surface area contributed by atoms with Crippen LogP contribution in [0.15, 0.2) is 29.2 Å². The number of carbonyl (C=O) groups excluding carboxylic acids is 2. The fourth-order valence-corrected chi connectivity index (χ4v) is 2.13. The number of benzene rings is 1. The zero-order valence-corrected chi connectivity index (χ0v) is 10.6. The smallest absolute Gasteiger partial charge is 0.394 e. The summed E-state index contributed by atoms with van der Waals surface area (Å²) in [5, 5.41) is 1.65. The molecule has 0 aliphatic carbocycles. The van der Waals surface area contributed by atoms with Crippen molar-refractivity contribution >= 4 is 29.0 Å². The lowest BCUT2D eigenvalue weighted by Crippen LogP contribution is -2.19. The van der Waals surface area contributed by atoms with Gasteiger partial charge in [0.05, 0.1) is 4.91 Å². The average Bonchev–Trinajstić information content (AvgIpc) is 2.55. The average molecular weight is 285 g/mol. The first-order valence-corrected chi connectivity index (χ1v) is 6.07. The molecule has 0 spiro atoms. The molecule has 1 aromatic carbocycles. The Balaban J connectivity index is 2.22. The Morgan fingerprint density at radius 1 is 1.37 bits per heavy atom. The molecule has 19 heavy (non-hydrogen) atoms. The fraction of sp³-hybridized carbons (Fsp3) is 0.167. The zero-order chi connectivity index (χ0) is 14.0. The van der Waals surface area contributed by atoms with Crippen molar-refractivity contribution in [3.63, 3.8) is 0 Å². The molecule has 4 nitrogen and oxygen atoms in total. The minimum Gasteiger partial charge on any atom is -0.433 e. The van der Waals surface area contributed by atoms with Crippen molar-refractivity contribution in [2.45, 2.75) is 13.0 Å². The van der Waals surface area contributed by atoms with Gasteiger partial charge in [-0.25, -0.2) is 0 Å². The molecule has 0 atom stereocenters. The number of carbonyl (C=O) groups is 2. The minimum absolute atomic E-state index is 0.0171. The third-order valence-corrected chi connectivity index (χ3v) is 2.91. The van der Waals surface area contributed by atoms with Gasteiger partial charge in [0.1, 0.15) is 5.75 Å². The van der Waals surface area contributed by atoms with Crippen LogP contribution in [-0.4, -0.2) is 17.3 Å². The van der Waals surface area contributed by atoms with E-state index in [1.165, 1.54) is 24.3 Å². The van der Waals surface area contributed by atoms with E-state index in [1.807, 2.05) is 0 Å². The number of amides is 2. The monoisotopic (exact) mass is 285 g/mol. The molecule has 1 fully saturated rings. The van der Waals surface area contributed by atoms with E-state index in [9.17, 15) is 18.4 Å². The van der Waals surface area contributed by atoms with Crippen LogP contribution in [0.4, 0.5) is 13.6 Å². The van der Waals surface area contributed by atoms with Crippen LogP contribution in [0.2, 0.25) is 0 Å². The molecule has 1 heterocycles. The Morgan fingerprint density at radius 3 is 2.68 bits per heavy atom. The summed E-state index contributed by atoms with van der Waals surface area (Å²) >= 11 is 0.760. The standard InChI is InChI=1S/C12H9F2NO3S/c1-12(13,14)18-8-4-2-3-7(5-8)6-9-10(16)15-11(17)19-9/h2-6H,1H3,(H,15,16,17). The quantitative estimate of drug-likeness (QED) is 0.867. The van der Waals surface area contributed by atoms with Crippen LogP contribution in [0, 0.1) is 0 Å². The van der Waals surface area contributed by atoms with E-state index >= 15 is 0 Å². The van der Waals surface area contributed by atoms with E-state index in [4.69, 9.17) is 0 Å². The lowest BCUT2D eigenvalue weighted by atomic mass is 10.2. The Morgan fingerprint density at radius 2 is 2.11 bits per heavy atom. The van der Waals surface area contributed by atoms with Crippen LogP contribution in [-0.2, 0) is 4.79 Å². The number of nitrogens with one attached hydrogen (secondary N) is 1. The van der Waals surface area contributed by atoms with Gasteiger partial charge in [-0.05, 0) is 35.5 Å². The maximum Gasteiger partial charge on any atom is 0.394 e. The molecule has 1 N–H and O–H groups in total. The van der Waals surface area contributed by atoms with Crippen LogP contribution in [0.1, 0.15) is 12.5 Å². The molecule has 2 rings (SSSR count). The number of rotatable bonds is 3. The first-order valence-electron chi connectivity index (χ1n) is 5.25. The highest BCUT2D eigenvalue weighted by atomic mass is 32.2. The Kier molecular flexibility index (Phi) is 3.57. The third kappa shape index (κ3) is 3.78. The molecule has 2 amide bonds. The summed E-state index contributed by atoms with van der Waals surface area (Å²) in [6.45, 7) is 0.636. The van der Waals surface area contributed by atoms with Gasteiger partial charge in [-0.2, -0.15) is 8.78 Å². The number of imide groups is 1. The van der Waals surface area contributed by atoms with Crippen molar-refractivity contribution in [1.29, 1.82) is 0 Å². The second-order valence-corrected chi connectivity index (χ2v) is 4.85. The van der Waals surface area contributed by atoms with Crippen LogP contribution in [0.5, 0.6) is 5.75 Å². The summed E-state index contributed by atoms with van der Waals surface area (Å²) in [5.74, 6) is -0.515. The van der Waals surface area contributed by atoms with Crippen molar-refractivity contribution in [3.8, 4) is 5.75 Å². The predicted octanol–water partition coefficient (Wildman–Crippen LogP) is 3.00. The van der Waals surface area contributed by atoms with Gasteiger partial charge in [0.15, 0.2) is 0 Å².